The summed E-state index contributed by atoms with van der Waals surface area (Å²) in [6.45, 7) is 3.80. The van der Waals surface area contributed by atoms with E-state index in [2.05, 4.69) is 46.0 Å². The summed E-state index contributed by atoms with van der Waals surface area (Å²) in [5.74, 6) is 1.12. The first-order valence-electron chi connectivity index (χ1n) is 13.7. The van der Waals surface area contributed by atoms with Gasteiger partial charge in [0.2, 0.25) is 0 Å². The maximum absolute atomic E-state index is 13.3. The highest BCUT2D eigenvalue weighted by Crippen LogP contribution is 2.42. The molecule has 0 aliphatic carbocycles. The molecule has 3 heterocycles. The number of amides is 2. The van der Waals surface area contributed by atoms with Crippen LogP contribution in [0.5, 0.6) is 0 Å². The molecule has 6 rings (SSSR count). The zero-order valence-electron chi connectivity index (χ0n) is 21.8. The normalized spacial score (nSPS) is 21.1. The van der Waals surface area contributed by atoms with Crippen LogP contribution in [-0.2, 0) is 0 Å². The molecule has 4 aromatic rings. The van der Waals surface area contributed by atoms with E-state index in [1.54, 1.807) is 12.1 Å². The zero-order chi connectivity index (χ0) is 26.1. The lowest BCUT2D eigenvalue weighted by molar-refractivity contribution is 0.107. The topological polar surface area (TPSA) is 53.4 Å². The summed E-state index contributed by atoms with van der Waals surface area (Å²) in [4.78, 5) is 22.7. The molecule has 2 bridgehead atoms. The molecule has 2 unspecified atom stereocenters. The second kappa shape index (κ2) is 10.8. The highest BCUT2D eigenvalue weighted by Gasteiger charge is 2.41. The van der Waals surface area contributed by atoms with Crippen molar-refractivity contribution >= 4 is 40.0 Å². The van der Waals surface area contributed by atoms with E-state index in [4.69, 9.17) is 16.6 Å². The molecule has 2 aliphatic rings. The number of anilines is 2. The molecule has 196 valence electrons. The Bertz CT molecular complexity index is 1390. The number of urea groups is 1. The lowest BCUT2D eigenvalue weighted by Gasteiger charge is -2.40. The SMILES string of the molecule is Cc1nc2ccccc2n1C1CC2CCC(C1)N2CCCN(C(=O)Nc1ccc(Cl)cc1)c1ccccc1. The number of piperidine rings is 1. The zero-order valence-corrected chi connectivity index (χ0v) is 22.5. The largest absolute Gasteiger partial charge is 0.326 e. The van der Waals surface area contributed by atoms with Gasteiger partial charge in [-0.05, 0) is 87.6 Å². The van der Waals surface area contributed by atoms with E-state index < -0.39 is 0 Å². The molecule has 2 fully saturated rings. The van der Waals surface area contributed by atoms with Gasteiger partial charge in [-0.25, -0.2) is 9.78 Å². The molecule has 1 N–H and O–H groups in total. The summed E-state index contributed by atoms with van der Waals surface area (Å²) in [6.07, 6.45) is 5.76. The minimum Gasteiger partial charge on any atom is -0.325 e. The Morgan fingerprint density at radius 3 is 2.37 bits per heavy atom. The van der Waals surface area contributed by atoms with Gasteiger partial charge in [0, 0.05) is 47.6 Å². The van der Waals surface area contributed by atoms with E-state index in [1.807, 2.05) is 47.4 Å². The van der Waals surface area contributed by atoms with Gasteiger partial charge >= 0.3 is 6.03 Å². The van der Waals surface area contributed by atoms with Crippen molar-refractivity contribution < 1.29 is 4.79 Å². The van der Waals surface area contributed by atoms with Gasteiger partial charge in [-0.3, -0.25) is 9.80 Å². The number of aromatic nitrogens is 2. The Morgan fingerprint density at radius 2 is 1.63 bits per heavy atom. The number of para-hydroxylation sites is 3. The van der Waals surface area contributed by atoms with E-state index in [0.717, 1.165) is 48.5 Å². The van der Waals surface area contributed by atoms with Crippen molar-refractivity contribution in [2.45, 2.75) is 57.2 Å². The maximum atomic E-state index is 13.3. The summed E-state index contributed by atoms with van der Waals surface area (Å²) in [5.41, 5.74) is 4.00. The molecule has 38 heavy (non-hydrogen) atoms. The van der Waals surface area contributed by atoms with Crippen molar-refractivity contribution in [3.63, 3.8) is 0 Å². The Balaban J connectivity index is 1.11. The van der Waals surface area contributed by atoms with Crippen molar-refractivity contribution in [2.24, 2.45) is 0 Å². The third-order valence-electron chi connectivity index (χ3n) is 8.20. The van der Waals surface area contributed by atoms with Gasteiger partial charge < -0.3 is 9.88 Å². The summed E-state index contributed by atoms with van der Waals surface area (Å²) in [7, 11) is 0. The second-order valence-electron chi connectivity index (χ2n) is 10.5. The highest BCUT2D eigenvalue weighted by molar-refractivity contribution is 6.30. The third kappa shape index (κ3) is 5.03. The molecule has 2 aliphatic heterocycles. The average Bonchev–Trinajstić information content (AvgIpc) is 3.38. The fourth-order valence-corrected chi connectivity index (χ4v) is 6.66. The van der Waals surface area contributed by atoms with E-state index in [1.165, 1.54) is 18.4 Å². The Kier molecular flexibility index (Phi) is 7.09. The van der Waals surface area contributed by atoms with Crippen LogP contribution in [0.2, 0.25) is 5.02 Å². The Morgan fingerprint density at radius 1 is 0.947 bits per heavy atom. The summed E-state index contributed by atoms with van der Waals surface area (Å²) in [5, 5.41) is 3.68. The molecule has 0 spiro atoms. The van der Waals surface area contributed by atoms with Gasteiger partial charge in [0.1, 0.15) is 5.82 Å². The van der Waals surface area contributed by atoms with E-state index in [0.29, 0.717) is 29.7 Å². The molecule has 2 amide bonds. The lowest BCUT2D eigenvalue weighted by Crippen LogP contribution is -2.45. The van der Waals surface area contributed by atoms with Crippen LogP contribution >= 0.6 is 11.6 Å². The number of imidazole rings is 1. The molecule has 1 aromatic heterocycles. The molecule has 3 aromatic carbocycles. The van der Waals surface area contributed by atoms with Crippen molar-refractivity contribution in [1.29, 1.82) is 0 Å². The monoisotopic (exact) mass is 527 g/mol. The first kappa shape index (κ1) is 25.0. The number of aryl methyl sites for hydroxylation is 1. The fourth-order valence-electron chi connectivity index (χ4n) is 6.54. The Labute approximate surface area is 229 Å². The van der Waals surface area contributed by atoms with Crippen molar-refractivity contribution in [1.82, 2.24) is 14.5 Å². The number of carbonyl (C=O) groups excluding carboxylic acids is 1. The number of nitrogens with one attached hydrogen (secondary N) is 1. The smallest absolute Gasteiger partial charge is 0.325 e. The van der Waals surface area contributed by atoms with Crippen LogP contribution in [-0.4, -0.2) is 45.7 Å². The molecule has 0 saturated carbocycles. The average molecular weight is 528 g/mol. The van der Waals surface area contributed by atoms with Crippen molar-refractivity contribution in [3.05, 3.63) is 89.7 Å². The quantitative estimate of drug-likeness (QED) is 0.274. The molecule has 7 heteroatoms. The van der Waals surface area contributed by atoms with Crippen LogP contribution in [0.1, 0.15) is 44.0 Å². The number of carbonyl (C=O) groups is 1. The highest BCUT2D eigenvalue weighted by atomic mass is 35.5. The van der Waals surface area contributed by atoms with Crippen LogP contribution in [0.4, 0.5) is 16.2 Å². The predicted molar refractivity (Wildman–Crippen MR) is 155 cm³/mol. The van der Waals surface area contributed by atoms with Crippen LogP contribution in [0.25, 0.3) is 11.0 Å². The van der Waals surface area contributed by atoms with Gasteiger partial charge in [-0.1, -0.05) is 41.9 Å². The van der Waals surface area contributed by atoms with Gasteiger partial charge in [0.25, 0.3) is 0 Å². The van der Waals surface area contributed by atoms with Crippen LogP contribution in [0.15, 0.2) is 78.9 Å². The predicted octanol–water partition coefficient (Wildman–Crippen LogP) is 7.29. The first-order valence-corrected chi connectivity index (χ1v) is 14.0. The molecular weight excluding hydrogens is 494 g/mol. The summed E-state index contributed by atoms with van der Waals surface area (Å²) < 4.78 is 2.48. The number of nitrogens with zero attached hydrogens (tertiary/aromatic N) is 4. The fraction of sp³-hybridized carbons (Fsp3) is 0.355. The number of rotatable bonds is 7. The summed E-state index contributed by atoms with van der Waals surface area (Å²) >= 11 is 6.02. The van der Waals surface area contributed by atoms with Gasteiger partial charge in [0.05, 0.1) is 11.0 Å². The van der Waals surface area contributed by atoms with Crippen molar-refractivity contribution in [3.8, 4) is 0 Å². The van der Waals surface area contributed by atoms with E-state index in [-0.39, 0.29) is 6.03 Å². The molecule has 2 atom stereocenters. The van der Waals surface area contributed by atoms with Crippen LogP contribution in [0, 0.1) is 6.92 Å². The minimum absolute atomic E-state index is 0.123. The molecule has 6 nitrogen and oxygen atoms in total. The first-order chi connectivity index (χ1) is 18.6. The minimum atomic E-state index is -0.123. The number of benzene rings is 3. The lowest BCUT2D eigenvalue weighted by atomic mass is 9.96. The van der Waals surface area contributed by atoms with E-state index in [9.17, 15) is 4.79 Å². The number of hydrogen-bond acceptors (Lipinski definition) is 3. The molecule has 2 saturated heterocycles. The molecular formula is C31H34ClN5O. The van der Waals surface area contributed by atoms with Crippen LogP contribution < -0.4 is 10.2 Å². The van der Waals surface area contributed by atoms with E-state index >= 15 is 0 Å². The van der Waals surface area contributed by atoms with Gasteiger partial charge in [-0.15, -0.1) is 0 Å². The number of halogens is 1. The Hall–Kier alpha value is -3.35. The molecule has 0 radical (unpaired) electrons. The van der Waals surface area contributed by atoms with Crippen molar-refractivity contribution in [2.75, 3.05) is 23.3 Å². The third-order valence-corrected chi connectivity index (χ3v) is 8.46. The standard InChI is InChI=1S/C31H34ClN5O/c1-22-33-29-10-5-6-11-30(29)37(22)28-20-26-16-17-27(21-28)35(26)18-7-19-36(25-8-3-2-4-9-25)31(38)34-24-14-12-23(32)13-15-24/h2-6,8-15,26-28H,7,16-21H2,1H3,(H,34,38). The summed E-state index contributed by atoms with van der Waals surface area (Å²) in [6, 6.07) is 27.2. The van der Waals surface area contributed by atoms with Crippen LogP contribution in [0.3, 0.4) is 0 Å². The van der Waals surface area contributed by atoms with Gasteiger partial charge in [-0.2, -0.15) is 0 Å². The number of hydrogen-bond donors (Lipinski definition) is 1. The number of fused-ring (bicyclic) bond motifs is 3. The maximum Gasteiger partial charge on any atom is 0.326 e. The van der Waals surface area contributed by atoms with Gasteiger partial charge in [0.15, 0.2) is 0 Å². The second-order valence-corrected chi connectivity index (χ2v) is 11.0.